The third kappa shape index (κ3) is 3.92. The normalized spacial score (nSPS) is 21.9. The number of likely N-dealkylation sites (tertiary alicyclic amines) is 1. The lowest BCUT2D eigenvalue weighted by atomic mass is 9.97. The fraction of sp³-hybridized carbons (Fsp3) is 0.500. The standard InChI is InChI=1S/C18H23N3O4/c22-16-15(7-4-10-21(16)14-5-2-1-3-6-14)19-18(25)20-11-8-13(9-12-20)17(23)24/h1-3,5-6,13,15H,4,7-12H2,(H,19,25)(H,23,24). The fourth-order valence-corrected chi connectivity index (χ4v) is 3.44. The first kappa shape index (κ1) is 17.3. The van der Waals surface area contributed by atoms with Gasteiger partial charge in [0.25, 0.3) is 0 Å². The summed E-state index contributed by atoms with van der Waals surface area (Å²) in [6.45, 7) is 1.47. The molecule has 3 amide bonds. The zero-order valence-electron chi connectivity index (χ0n) is 14.1. The summed E-state index contributed by atoms with van der Waals surface area (Å²) in [5, 5.41) is 11.9. The maximum Gasteiger partial charge on any atom is 0.318 e. The first-order chi connectivity index (χ1) is 12.1. The number of amides is 3. The van der Waals surface area contributed by atoms with Crippen LogP contribution < -0.4 is 10.2 Å². The maximum absolute atomic E-state index is 12.7. The van der Waals surface area contributed by atoms with Crippen molar-refractivity contribution in [1.29, 1.82) is 0 Å². The van der Waals surface area contributed by atoms with E-state index in [1.165, 1.54) is 0 Å². The minimum atomic E-state index is -0.805. The number of nitrogens with one attached hydrogen (secondary N) is 1. The lowest BCUT2D eigenvalue weighted by molar-refractivity contribution is -0.143. The van der Waals surface area contributed by atoms with E-state index in [2.05, 4.69) is 5.32 Å². The minimum absolute atomic E-state index is 0.0915. The van der Waals surface area contributed by atoms with Crippen LogP contribution in [0, 0.1) is 5.92 Å². The van der Waals surface area contributed by atoms with Gasteiger partial charge in [-0.3, -0.25) is 9.59 Å². The van der Waals surface area contributed by atoms with Gasteiger partial charge in [0.2, 0.25) is 5.91 Å². The van der Waals surface area contributed by atoms with Gasteiger partial charge in [-0.2, -0.15) is 0 Å². The van der Waals surface area contributed by atoms with Crippen molar-refractivity contribution in [3.8, 4) is 0 Å². The number of piperidine rings is 2. The highest BCUT2D eigenvalue weighted by atomic mass is 16.4. The molecule has 0 radical (unpaired) electrons. The Morgan fingerprint density at radius 1 is 1.04 bits per heavy atom. The lowest BCUT2D eigenvalue weighted by Gasteiger charge is -2.35. The fourth-order valence-electron chi connectivity index (χ4n) is 3.44. The van der Waals surface area contributed by atoms with Crippen LogP contribution in [0.15, 0.2) is 30.3 Å². The summed E-state index contributed by atoms with van der Waals surface area (Å²) in [5.74, 6) is -1.28. The second-order valence-electron chi connectivity index (χ2n) is 6.57. The molecule has 0 bridgehead atoms. The number of carboxylic acids is 1. The number of rotatable bonds is 3. The van der Waals surface area contributed by atoms with Crippen molar-refractivity contribution in [2.45, 2.75) is 31.7 Å². The van der Waals surface area contributed by atoms with E-state index in [0.717, 1.165) is 12.1 Å². The molecule has 0 aromatic heterocycles. The highest BCUT2D eigenvalue weighted by Crippen LogP contribution is 2.22. The Balaban J connectivity index is 1.58. The van der Waals surface area contributed by atoms with Crippen molar-refractivity contribution >= 4 is 23.6 Å². The van der Waals surface area contributed by atoms with E-state index in [0.29, 0.717) is 38.9 Å². The Morgan fingerprint density at radius 2 is 1.72 bits per heavy atom. The smallest absolute Gasteiger partial charge is 0.318 e. The van der Waals surface area contributed by atoms with Crippen LogP contribution in [-0.2, 0) is 9.59 Å². The molecule has 3 rings (SSSR count). The van der Waals surface area contributed by atoms with E-state index in [4.69, 9.17) is 5.11 Å². The Bertz CT molecular complexity index is 641. The number of carboxylic acid groups (broad SMARTS) is 1. The summed E-state index contributed by atoms with van der Waals surface area (Å²) in [6, 6.07) is 8.64. The van der Waals surface area contributed by atoms with Crippen LogP contribution in [0.25, 0.3) is 0 Å². The maximum atomic E-state index is 12.7. The van der Waals surface area contributed by atoms with E-state index in [1.54, 1.807) is 9.80 Å². The molecule has 2 aliphatic rings. The van der Waals surface area contributed by atoms with Gasteiger partial charge in [0.15, 0.2) is 0 Å². The van der Waals surface area contributed by atoms with Crippen molar-refractivity contribution in [1.82, 2.24) is 10.2 Å². The molecule has 7 nitrogen and oxygen atoms in total. The molecule has 2 fully saturated rings. The van der Waals surface area contributed by atoms with Gasteiger partial charge in [-0.15, -0.1) is 0 Å². The zero-order valence-corrected chi connectivity index (χ0v) is 14.1. The number of hydrogen-bond acceptors (Lipinski definition) is 3. The van der Waals surface area contributed by atoms with Crippen molar-refractivity contribution < 1.29 is 19.5 Å². The minimum Gasteiger partial charge on any atom is -0.481 e. The molecule has 1 unspecified atom stereocenters. The van der Waals surface area contributed by atoms with Crippen LogP contribution in [0.5, 0.6) is 0 Å². The van der Waals surface area contributed by atoms with Gasteiger partial charge >= 0.3 is 12.0 Å². The van der Waals surface area contributed by atoms with E-state index < -0.39 is 12.0 Å². The molecule has 2 saturated heterocycles. The Labute approximate surface area is 146 Å². The number of anilines is 1. The SMILES string of the molecule is O=C(O)C1CCN(C(=O)NC2CCCN(c3ccccc3)C2=O)CC1. The van der Waals surface area contributed by atoms with Crippen LogP contribution >= 0.6 is 0 Å². The third-order valence-corrected chi connectivity index (χ3v) is 4.94. The molecule has 2 aliphatic heterocycles. The number of carbonyl (C=O) groups excluding carboxylic acids is 2. The van der Waals surface area contributed by atoms with Crippen molar-refractivity contribution in [3.05, 3.63) is 30.3 Å². The second-order valence-corrected chi connectivity index (χ2v) is 6.57. The predicted molar refractivity (Wildman–Crippen MR) is 92.3 cm³/mol. The number of benzene rings is 1. The molecule has 1 atom stereocenters. The van der Waals surface area contributed by atoms with Gasteiger partial charge < -0.3 is 20.2 Å². The van der Waals surface area contributed by atoms with Crippen LogP contribution in [0.3, 0.4) is 0 Å². The zero-order chi connectivity index (χ0) is 17.8. The largest absolute Gasteiger partial charge is 0.481 e. The van der Waals surface area contributed by atoms with Crippen LogP contribution in [-0.4, -0.2) is 53.6 Å². The van der Waals surface area contributed by atoms with Gasteiger partial charge in [0.05, 0.1) is 5.92 Å². The molecular formula is C18H23N3O4. The molecule has 0 saturated carbocycles. The lowest BCUT2D eigenvalue weighted by Crippen LogP contribution is -2.56. The Hall–Kier alpha value is -2.57. The van der Waals surface area contributed by atoms with Crippen LogP contribution in [0.2, 0.25) is 0 Å². The average Bonchev–Trinajstić information content (AvgIpc) is 2.64. The Morgan fingerprint density at radius 3 is 2.36 bits per heavy atom. The molecule has 2 N–H and O–H groups in total. The van der Waals surface area contributed by atoms with E-state index in [9.17, 15) is 14.4 Å². The summed E-state index contributed by atoms with van der Waals surface area (Å²) in [6.07, 6.45) is 2.36. The molecule has 25 heavy (non-hydrogen) atoms. The topological polar surface area (TPSA) is 89.9 Å². The van der Waals surface area contributed by atoms with Crippen LogP contribution in [0.4, 0.5) is 10.5 Å². The molecule has 134 valence electrons. The summed E-state index contributed by atoms with van der Waals surface area (Å²) >= 11 is 0. The number of hydrogen-bond donors (Lipinski definition) is 2. The molecule has 1 aromatic carbocycles. The molecule has 2 heterocycles. The average molecular weight is 345 g/mol. The third-order valence-electron chi connectivity index (χ3n) is 4.94. The van der Waals surface area contributed by atoms with E-state index in [-0.39, 0.29) is 17.9 Å². The highest BCUT2D eigenvalue weighted by molar-refractivity contribution is 5.99. The molecular weight excluding hydrogens is 322 g/mol. The molecule has 0 spiro atoms. The first-order valence-electron chi connectivity index (χ1n) is 8.71. The van der Waals surface area contributed by atoms with Gasteiger partial charge in [-0.05, 0) is 37.8 Å². The number of nitrogens with zero attached hydrogens (tertiary/aromatic N) is 2. The number of urea groups is 1. The highest BCUT2D eigenvalue weighted by Gasteiger charge is 2.33. The van der Waals surface area contributed by atoms with Gasteiger partial charge in [0.1, 0.15) is 6.04 Å². The number of para-hydroxylation sites is 1. The molecule has 7 heteroatoms. The molecule has 1 aromatic rings. The van der Waals surface area contributed by atoms with Gasteiger partial charge in [-0.1, -0.05) is 18.2 Å². The van der Waals surface area contributed by atoms with E-state index >= 15 is 0 Å². The van der Waals surface area contributed by atoms with Gasteiger partial charge in [0, 0.05) is 25.3 Å². The number of aliphatic carboxylic acids is 1. The first-order valence-corrected chi connectivity index (χ1v) is 8.71. The summed E-state index contributed by atoms with van der Waals surface area (Å²) in [5.41, 5.74) is 0.841. The summed E-state index contributed by atoms with van der Waals surface area (Å²) in [4.78, 5) is 39.4. The van der Waals surface area contributed by atoms with Gasteiger partial charge in [-0.25, -0.2) is 4.79 Å². The number of carbonyl (C=O) groups is 3. The quantitative estimate of drug-likeness (QED) is 0.872. The summed E-state index contributed by atoms with van der Waals surface area (Å²) < 4.78 is 0. The summed E-state index contributed by atoms with van der Waals surface area (Å²) in [7, 11) is 0. The second kappa shape index (κ2) is 7.55. The van der Waals surface area contributed by atoms with Crippen LogP contribution in [0.1, 0.15) is 25.7 Å². The van der Waals surface area contributed by atoms with Crippen molar-refractivity contribution in [3.63, 3.8) is 0 Å². The molecule has 0 aliphatic carbocycles. The Kier molecular flexibility index (Phi) is 5.21. The predicted octanol–water partition coefficient (Wildman–Crippen LogP) is 1.69. The van der Waals surface area contributed by atoms with Crippen molar-refractivity contribution in [2.24, 2.45) is 5.92 Å². The van der Waals surface area contributed by atoms with E-state index in [1.807, 2.05) is 30.3 Å². The van der Waals surface area contributed by atoms with Crippen molar-refractivity contribution in [2.75, 3.05) is 24.5 Å². The monoisotopic (exact) mass is 345 g/mol.